The molecule has 0 saturated carbocycles. The first-order chi connectivity index (χ1) is 9.13. The standard InChI is InChI=1S/C15H16BrNO2/c1-3-19-15(18)10(2)17-14-9-8-13(16)11-6-4-5-7-12(11)14/h4-10,17H,3H2,1-2H3. The van der Waals surface area contributed by atoms with Crippen LogP contribution in [0.2, 0.25) is 0 Å². The third-order valence-corrected chi connectivity index (χ3v) is 3.57. The second kappa shape index (κ2) is 6.06. The van der Waals surface area contributed by atoms with Crippen molar-refractivity contribution in [1.29, 1.82) is 0 Å². The Kier molecular flexibility index (Phi) is 4.43. The highest BCUT2D eigenvalue weighted by Crippen LogP contribution is 2.30. The van der Waals surface area contributed by atoms with Crippen LogP contribution < -0.4 is 5.32 Å². The van der Waals surface area contributed by atoms with Gasteiger partial charge in [-0.25, -0.2) is 4.79 Å². The van der Waals surface area contributed by atoms with Crippen LogP contribution in [-0.4, -0.2) is 18.6 Å². The molecule has 1 unspecified atom stereocenters. The number of carbonyl (C=O) groups excluding carboxylic acids is 1. The average Bonchev–Trinajstić information content (AvgIpc) is 2.42. The summed E-state index contributed by atoms with van der Waals surface area (Å²) in [7, 11) is 0. The molecule has 0 aromatic heterocycles. The van der Waals surface area contributed by atoms with E-state index >= 15 is 0 Å². The van der Waals surface area contributed by atoms with E-state index in [1.807, 2.05) is 36.4 Å². The second-order valence-corrected chi connectivity index (χ2v) is 5.11. The van der Waals surface area contributed by atoms with Crippen molar-refractivity contribution in [2.45, 2.75) is 19.9 Å². The molecule has 2 rings (SSSR count). The van der Waals surface area contributed by atoms with Gasteiger partial charge in [0.05, 0.1) is 6.61 Å². The van der Waals surface area contributed by atoms with Gasteiger partial charge in [-0.2, -0.15) is 0 Å². The van der Waals surface area contributed by atoms with Crippen LogP contribution >= 0.6 is 15.9 Å². The van der Waals surface area contributed by atoms with Crippen molar-refractivity contribution in [3.8, 4) is 0 Å². The minimum Gasteiger partial charge on any atom is -0.464 e. The topological polar surface area (TPSA) is 38.3 Å². The van der Waals surface area contributed by atoms with E-state index < -0.39 is 0 Å². The number of carbonyl (C=O) groups is 1. The minimum absolute atomic E-state index is 0.241. The van der Waals surface area contributed by atoms with Crippen molar-refractivity contribution < 1.29 is 9.53 Å². The highest BCUT2D eigenvalue weighted by atomic mass is 79.9. The highest BCUT2D eigenvalue weighted by Gasteiger charge is 2.14. The van der Waals surface area contributed by atoms with E-state index in [0.29, 0.717) is 6.61 Å². The van der Waals surface area contributed by atoms with E-state index in [1.165, 1.54) is 0 Å². The third-order valence-electron chi connectivity index (χ3n) is 2.88. The van der Waals surface area contributed by atoms with E-state index in [-0.39, 0.29) is 12.0 Å². The van der Waals surface area contributed by atoms with Crippen LogP contribution in [0.15, 0.2) is 40.9 Å². The Hall–Kier alpha value is -1.55. The molecule has 4 heteroatoms. The lowest BCUT2D eigenvalue weighted by Gasteiger charge is -2.16. The van der Waals surface area contributed by atoms with Gasteiger partial charge in [-0.15, -0.1) is 0 Å². The zero-order valence-corrected chi connectivity index (χ0v) is 12.5. The summed E-state index contributed by atoms with van der Waals surface area (Å²) in [5.74, 6) is -0.241. The quantitative estimate of drug-likeness (QED) is 0.866. The summed E-state index contributed by atoms with van der Waals surface area (Å²) in [6.45, 7) is 4.00. The van der Waals surface area contributed by atoms with Crippen molar-refractivity contribution in [2.75, 3.05) is 11.9 Å². The molecule has 0 aliphatic carbocycles. The van der Waals surface area contributed by atoms with Crippen LogP contribution in [0.1, 0.15) is 13.8 Å². The lowest BCUT2D eigenvalue weighted by atomic mass is 10.1. The molecule has 0 radical (unpaired) electrons. The molecule has 0 saturated heterocycles. The molecule has 0 bridgehead atoms. The number of hydrogen-bond acceptors (Lipinski definition) is 3. The molecule has 3 nitrogen and oxygen atoms in total. The Morgan fingerprint density at radius 3 is 2.63 bits per heavy atom. The lowest BCUT2D eigenvalue weighted by molar-refractivity contribution is -0.143. The molecule has 1 atom stereocenters. The molecule has 0 aliphatic heterocycles. The molecule has 0 spiro atoms. The van der Waals surface area contributed by atoms with E-state index in [9.17, 15) is 4.79 Å². The highest BCUT2D eigenvalue weighted by molar-refractivity contribution is 9.10. The first kappa shape index (κ1) is 13.9. The number of benzene rings is 2. The fourth-order valence-electron chi connectivity index (χ4n) is 1.95. The van der Waals surface area contributed by atoms with Gasteiger partial charge in [0.25, 0.3) is 0 Å². The van der Waals surface area contributed by atoms with E-state index in [0.717, 1.165) is 20.9 Å². The van der Waals surface area contributed by atoms with Crippen LogP contribution in [0.4, 0.5) is 5.69 Å². The monoisotopic (exact) mass is 321 g/mol. The van der Waals surface area contributed by atoms with E-state index in [1.54, 1.807) is 13.8 Å². The van der Waals surface area contributed by atoms with Crippen LogP contribution in [0.25, 0.3) is 10.8 Å². The van der Waals surface area contributed by atoms with Gasteiger partial charge in [0.2, 0.25) is 0 Å². The molecule has 0 fully saturated rings. The molecule has 0 amide bonds. The smallest absolute Gasteiger partial charge is 0.328 e. The normalized spacial score (nSPS) is 12.2. The SMILES string of the molecule is CCOC(=O)C(C)Nc1ccc(Br)c2ccccc12. The number of rotatable bonds is 4. The van der Waals surface area contributed by atoms with E-state index in [4.69, 9.17) is 4.74 Å². The lowest BCUT2D eigenvalue weighted by Crippen LogP contribution is -2.28. The Morgan fingerprint density at radius 1 is 1.26 bits per heavy atom. The van der Waals surface area contributed by atoms with Crippen molar-refractivity contribution >= 4 is 38.4 Å². The zero-order chi connectivity index (χ0) is 13.8. The number of halogens is 1. The van der Waals surface area contributed by atoms with Crippen molar-refractivity contribution in [3.63, 3.8) is 0 Å². The molecule has 19 heavy (non-hydrogen) atoms. The van der Waals surface area contributed by atoms with Gasteiger partial charge < -0.3 is 10.1 Å². The van der Waals surface area contributed by atoms with Gasteiger partial charge in [-0.3, -0.25) is 0 Å². The van der Waals surface area contributed by atoms with Gasteiger partial charge in [0.1, 0.15) is 6.04 Å². The summed E-state index contributed by atoms with van der Waals surface area (Å²) in [5, 5.41) is 5.39. The third kappa shape index (κ3) is 3.07. The van der Waals surface area contributed by atoms with Crippen molar-refractivity contribution in [2.24, 2.45) is 0 Å². The summed E-state index contributed by atoms with van der Waals surface area (Å²) < 4.78 is 6.04. The van der Waals surface area contributed by atoms with Crippen molar-refractivity contribution in [1.82, 2.24) is 0 Å². The first-order valence-corrected chi connectivity index (χ1v) is 7.03. The molecule has 0 heterocycles. The maximum Gasteiger partial charge on any atom is 0.328 e. The number of hydrogen-bond donors (Lipinski definition) is 1. The molecule has 2 aromatic carbocycles. The summed E-state index contributed by atoms with van der Waals surface area (Å²) in [6, 6.07) is 11.6. The van der Waals surface area contributed by atoms with Gasteiger partial charge >= 0.3 is 5.97 Å². The first-order valence-electron chi connectivity index (χ1n) is 6.24. The summed E-state index contributed by atoms with van der Waals surface area (Å²) in [6.07, 6.45) is 0. The van der Waals surface area contributed by atoms with E-state index in [2.05, 4.69) is 21.2 Å². The molecule has 1 N–H and O–H groups in total. The van der Waals surface area contributed by atoms with Gasteiger partial charge in [-0.05, 0) is 31.4 Å². The number of esters is 1. The Morgan fingerprint density at radius 2 is 1.95 bits per heavy atom. The van der Waals surface area contributed by atoms with Gasteiger partial charge in [0.15, 0.2) is 0 Å². The number of ether oxygens (including phenoxy) is 1. The Labute approximate surface area is 121 Å². The van der Waals surface area contributed by atoms with Crippen LogP contribution in [0.3, 0.4) is 0 Å². The molecule has 0 aliphatic rings. The summed E-state index contributed by atoms with van der Waals surface area (Å²) >= 11 is 3.53. The predicted octanol–water partition coefficient (Wildman–Crippen LogP) is 3.97. The maximum absolute atomic E-state index is 11.7. The Bertz CT molecular complexity index is 598. The minimum atomic E-state index is -0.371. The fourth-order valence-corrected chi connectivity index (χ4v) is 2.43. The Balaban J connectivity index is 2.31. The van der Waals surface area contributed by atoms with Crippen LogP contribution in [0.5, 0.6) is 0 Å². The summed E-state index contributed by atoms with van der Waals surface area (Å²) in [4.78, 5) is 11.7. The molecular weight excluding hydrogens is 306 g/mol. The van der Waals surface area contributed by atoms with Gasteiger partial charge in [-0.1, -0.05) is 40.2 Å². The van der Waals surface area contributed by atoms with Crippen molar-refractivity contribution in [3.05, 3.63) is 40.9 Å². The maximum atomic E-state index is 11.7. The molecule has 2 aromatic rings. The second-order valence-electron chi connectivity index (χ2n) is 4.26. The number of anilines is 1. The molecule has 100 valence electrons. The zero-order valence-electron chi connectivity index (χ0n) is 10.9. The van der Waals surface area contributed by atoms with Crippen LogP contribution in [0, 0.1) is 0 Å². The number of fused-ring (bicyclic) bond motifs is 1. The largest absolute Gasteiger partial charge is 0.464 e. The summed E-state index contributed by atoms with van der Waals surface area (Å²) in [5.41, 5.74) is 0.930. The predicted molar refractivity (Wildman–Crippen MR) is 81.4 cm³/mol. The number of nitrogens with one attached hydrogen (secondary N) is 1. The fraction of sp³-hybridized carbons (Fsp3) is 0.267. The molecular formula is C15H16BrNO2. The van der Waals surface area contributed by atoms with Crippen LogP contribution in [-0.2, 0) is 9.53 Å². The average molecular weight is 322 g/mol. The van der Waals surface area contributed by atoms with Gasteiger partial charge in [0, 0.05) is 15.5 Å².